The second kappa shape index (κ2) is 16.2. The minimum Gasteiger partial charge on any atom is -0.350 e. The van der Waals surface area contributed by atoms with Crippen molar-refractivity contribution < 1.29 is 37.1 Å². The molecule has 2 aliphatic rings. The molecule has 0 aromatic heterocycles. The summed E-state index contributed by atoms with van der Waals surface area (Å²) in [7, 11) is -3.80. The van der Waals surface area contributed by atoms with Crippen LogP contribution in [-0.4, -0.2) is 69.8 Å². The van der Waals surface area contributed by atoms with Crippen LogP contribution < -0.4 is 10.9 Å². The second-order valence-corrected chi connectivity index (χ2v) is 12.4. The summed E-state index contributed by atoms with van der Waals surface area (Å²) in [5.74, 6) is -2.63. The third-order valence-corrected chi connectivity index (χ3v) is 7.78. The molecule has 40 heavy (non-hydrogen) atoms. The van der Waals surface area contributed by atoms with Crippen molar-refractivity contribution in [3.63, 3.8) is 0 Å². The zero-order chi connectivity index (χ0) is 29.0. The van der Waals surface area contributed by atoms with E-state index in [0.29, 0.717) is 32.7 Å². The Morgan fingerprint density at radius 3 is 2.40 bits per heavy atom. The maximum Gasteiger partial charge on any atom is 0.247 e. The van der Waals surface area contributed by atoms with Crippen molar-refractivity contribution in [1.29, 1.82) is 0 Å². The van der Waals surface area contributed by atoms with Crippen LogP contribution >= 0.6 is 0 Å². The van der Waals surface area contributed by atoms with Gasteiger partial charge in [-0.25, -0.2) is 18.7 Å². The van der Waals surface area contributed by atoms with Gasteiger partial charge in [0.1, 0.15) is 0 Å². The van der Waals surface area contributed by atoms with E-state index < -0.39 is 46.3 Å². The van der Waals surface area contributed by atoms with Crippen molar-refractivity contribution in [2.45, 2.75) is 65.0 Å². The Morgan fingerprint density at radius 2 is 1.77 bits per heavy atom. The van der Waals surface area contributed by atoms with Crippen LogP contribution in [0.15, 0.2) is 36.4 Å². The SMILES string of the molecule is CC(C)C[C@@H](C(=O)NN(CCC1OCCO1)S(C)(=O)=O)[C@H](CC=Cc1ccccc1)C(=O)NOC1CCCCO1. The summed E-state index contributed by atoms with van der Waals surface area (Å²) >= 11 is 0. The van der Waals surface area contributed by atoms with E-state index in [2.05, 4.69) is 10.9 Å². The molecule has 11 nitrogen and oxygen atoms in total. The van der Waals surface area contributed by atoms with Crippen molar-refractivity contribution in [2.75, 3.05) is 32.6 Å². The molecule has 3 atom stereocenters. The number of rotatable bonds is 15. The lowest BCUT2D eigenvalue weighted by molar-refractivity contribution is -0.203. The first-order valence-corrected chi connectivity index (χ1v) is 15.8. The van der Waals surface area contributed by atoms with E-state index in [1.807, 2.05) is 56.3 Å². The lowest BCUT2D eigenvalue weighted by Gasteiger charge is -2.30. The summed E-state index contributed by atoms with van der Waals surface area (Å²) in [6, 6.07) is 9.63. The molecule has 0 radical (unpaired) electrons. The molecule has 0 aliphatic carbocycles. The van der Waals surface area contributed by atoms with Crippen LogP contribution in [0.5, 0.6) is 0 Å². The standard InChI is InChI=1S/C28H43N3O8S/c1-21(2)20-24(27(32)29-31(40(3,34)35)16-15-25-37-18-19-38-25)23(13-9-12-22-10-5-4-6-11-22)28(33)30-39-26-14-7-8-17-36-26/h4-6,9-12,21,23-26H,7-8,13-20H2,1-3H3,(H,29,32)(H,30,33)/t23-,24+,26?/m0/s1. The first-order valence-electron chi connectivity index (χ1n) is 13.9. The van der Waals surface area contributed by atoms with Gasteiger partial charge in [-0.1, -0.05) is 56.3 Å². The fourth-order valence-corrected chi connectivity index (χ4v) is 5.33. The molecule has 1 unspecified atom stereocenters. The maximum atomic E-state index is 13.7. The molecular formula is C28H43N3O8S. The zero-order valence-electron chi connectivity index (χ0n) is 23.6. The molecule has 2 heterocycles. The number of sulfonamides is 1. The number of nitrogens with one attached hydrogen (secondary N) is 2. The summed E-state index contributed by atoms with van der Waals surface area (Å²) in [6.07, 6.45) is 7.05. The highest BCUT2D eigenvalue weighted by molar-refractivity contribution is 7.88. The summed E-state index contributed by atoms with van der Waals surface area (Å²) in [5, 5.41) is 0. The fourth-order valence-electron chi connectivity index (χ4n) is 4.64. The molecule has 224 valence electrons. The largest absolute Gasteiger partial charge is 0.350 e. The number of hydrogen-bond donors (Lipinski definition) is 2. The van der Waals surface area contributed by atoms with E-state index >= 15 is 0 Å². The number of hydroxylamine groups is 1. The molecule has 12 heteroatoms. The first-order chi connectivity index (χ1) is 19.1. The normalized spacial score (nSPS) is 20.2. The van der Waals surface area contributed by atoms with Crippen LogP contribution in [-0.2, 0) is 38.7 Å². The van der Waals surface area contributed by atoms with Gasteiger partial charge in [0.05, 0.1) is 31.3 Å². The Labute approximate surface area is 237 Å². The number of benzene rings is 1. The number of allylic oxidation sites excluding steroid dienone is 1. The number of ether oxygens (including phenoxy) is 3. The van der Waals surface area contributed by atoms with E-state index in [1.165, 1.54) is 0 Å². The summed E-state index contributed by atoms with van der Waals surface area (Å²) in [4.78, 5) is 32.7. The van der Waals surface area contributed by atoms with Crippen LogP contribution in [0.25, 0.3) is 6.08 Å². The Hall–Kier alpha value is -2.35. The molecule has 2 fully saturated rings. The van der Waals surface area contributed by atoms with E-state index in [-0.39, 0.29) is 25.3 Å². The molecule has 1 aromatic carbocycles. The van der Waals surface area contributed by atoms with Gasteiger partial charge in [-0.3, -0.25) is 15.0 Å². The summed E-state index contributed by atoms with van der Waals surface area (Å²) in [6.45, 7) is 5.30. The number of carbonyl (C=O) groups is 2. The third kappa shape index (κ3) is 10.9. The molecule has 2 aliphatic heterocycles. The van der Waals surface area contributed by atoms with Gasteiger partial charge in [-0.05, 0) is 37.2 Å². The summed E-state index contributed by atoms with van der Waals surface area (Å²) in [5.41, 5.74) is 6.03. The van der Waals surface area contributed by atoms with Crippen LogP contribution in [0.1, 0.15) is 57.9 Å². The number of hydrogen-bond acceptors (Lipinski definition) is 8. The van der Waals surface area contributed by atoms with Crippen molar-refractivity contribution >= 4 is 27.9 Å². The Bertz CT molecular complexity index is 1050. The molecule has 3 rings (SSSR count). The lowest BCUT2D eigenvalue weighted by atomic mass is 9.82. The number of carbonyl (C=O) groups excluding carboxylic acids is 2. The van der Waals surface area contributed by atoms with Crippen LogP contribution in [0.4, 0.5) is 0 Å². The van der Waals surface area contributed by atoms with E-state index in [9.17, 15) is 18.0 Å². The maximum absolute atomic E-state index is 13.7. The highest BCUT2D eigenvalue weighted by Crippen LogP contribution is 2.26. The minimum absolute atomic E-state index is 0.0312. The van der Waals surface area contributed by atoms with Gasteiger partial charge >= 0.3 is 0 Å². The average molecular weight is 582 g/mol. The Kier molecular flexibility index (Phi) is 13.0. The summed E-state index contributed by atoms with van der Waals surface area (Å²) < 4.78 is 42.3. The van der Waals surface area contributed by atoms with Crippen molar-refractivity contribution in [2.24, 2.45) is 17.8 Å². The van der Waals surface area contributed by atoms with E-state index in [4.69, 9.17) is 19.0 Å². The van der Waals surface area contributed by atoms with Crippen LogP contribution in [0, 0.1) is 17.8 Å². The fraction of sp³-hybridized carbons (Fsp3) is 0.643. The molecule has 0 saturated carbocycles. The highest BCUT2D eigenvalue weighted by Gasteiger charge is 2.36. The van der Waals surface area contributed by atoms with E-state index in [1.54, 1.807) is 0 Å². The van der Waals surface area contributed by atoms with Gasteiger partial charge in [-0.15, -0.1) is 4.41 Å². The van der Waals surface area contributed by atoms with Gasteiger partial charge in [0.2, 0.25) is 21.8 Å². The smallest absolute Gasteiger partial charge is 0.247 e. The van der Waals surface area contributed by atoms with Gasteiger partial charge in [-0.2, -0.15) is 0 Å². The highest BCUT2D eigenvalue weighted by atomic mass is 32.2. The Morgan fingerprint density at radius 1 is 1.05 bits per heavy atom. The molecule has 2 amide bonds. The number of amides is 2. The van der Waals surface area contributed by atoms with Crippen LogP contribution in [0.3, 0.4) is 0 Å². The second-order valence-electron chi connectivity index (χ2n) is 10.5. The van der Waals surface area contributed by atoms with E-state index in [0.717, 1.165) is 29.1 Å². The topological polar surface area (TPSA) is 132 Å². The molecule has 1 aromatic rings. The number of nitrogens with zero attached hydrogens (tertiary/aromatic N) is 1. The molecule has 0 spiro atoms. The third-order valence-electron chi connectivity index (χ3n) is 6.71. The first kappa shape index (κ1) is 32.2. The Balaban J connectivity index is 1.78. The molecule has 0 bridgehead atoms. The van der Waals surface area contributed by atoms with Crippen LogP contribution in [0.2, 0.25) is 0 Å². The van der Waals surface area contributed by atoms with Gasteiger partial charge in [0.25, 0.3) is 0 Å². The monoisotopic (exact) mass is 581 g/mol. The predicted molar refractivity (Wildman–Crippen MR) is 149 cm³/mol. The molecular weight excluding hydrogens is 538 g/mol. The quantitative estimate of drug-likeness (QED) is 0.302. The average Bonchev–Trinajstić information content (AvgIpc) is 3.45. The minimum atomic E-state index is -3.80. The zero-order valence-corrected chi connectivity index (χ0v) is 24.4. The van der Waals surface area contributed by atoms with Crippen molar-refractivity contribution in [1.82, 2.24) is 15.3 Å². The van der Waals surface area contributed by atoms with Crippen molar-refractivity contribution in [3.05, 3.63) is 42.0 Å². The number of hydrazine groups is 1. The van der Waals surface area contributed by atoms with Gasteiger partial charge in [0.15, 0.2) is 12.6 Å². The molecule has 2 saturated heterocycles. The van der Waals surface area contributed by atoms with Gasteiger partial charge in [0, 0.05) is 26.0 Å². The lowest BCUT2D eigenvalue weighted by Crippen LogP contribution is -2.51. The van der Waals surface area contributed by atoms with Gasteiger partial charge < -0.3 is 14.2 Å². The molecule has 2 N–H and O–H groups in total. The predicted octanol–water partition coefficient (Wildman–Crippen LogP) is 3.00. The van der Waals surface area contributed by atoms with Crippen molar-refractivity contribution in [3.8, 4) is 0 Å².